The molecule has 2 aromatic rings. The number of halogens is 1. The van der Waals surface area contributed by atoms with Crippen LogP contribution in [0.15, 0.2) is 18.2 Å². The molecule has 1 atom stereocenters. The molecule has 4 rings (SSSR count). The van der Waals surface area contributed by atoms with Crippen LogP contribution in [0.4, 0.5) is 0 Å². The fourth-order valence-corrected chi connectivity index (χ4v) is 3.78. The molecule has 0 saturated heterocycles. The second-order valence-electron chi connectivity index (χ2n) is 5.54. The van der Waals surface area contributed by atoms with Crippen LogP contribution < -0.4 is 0 Å². The molecular formula is C15H15ClN2O. The smallest absolute Gasteiger partial charge is 0.231 e. The molecule has 0 aliphatic carbocycles. The van der Waals surface area contributed by atoms with Crippen molar-refractivity contribution in [2.45, 2.75) is 25.3 Å². The van der Waals surface area contributed by atoms with Crippen molar-refractivity contribution in [3.05, 3.63) is 34.5 Å². The van der Waals surface area contributed by atoms with E-state index in [0.29, 0.717) is 12.5 Å². The van der Waals surface area contributed by atoms with Gasteiger partial charge in [0.05, 0.1) is 11.6 Å². The first-order valence-corrected chi connectivity index (χ1v) is 7.11. The van der Waals surface area contributed by atoms with Crippen LogP contribution in [0, 0.1) is 0 Å². The van der Waals surface area contributed by atoms with Gasteiger partial charge >= 0.3 is 0 Å². The minimum absolute atomic E-state index is 0.222. The molecule has 0 saturated carbocycles. The van der Waals surface area contributed by atoms with Gasteiger partial charge in [-0.25, -0.2) is 0 Å². The van der Waals surface area contributed by atoms with E-state index in [-0.39, 0.29) is 5.91 Å². The summed E-state index contributed by atoms with van der Waals surface area (Å²) in [7, 11) is 2.15. The first kappa shape index (κ1) is 11.5. The summed E-state index contributed by atoms with van der Waals surface area (Å²) in [6.07, 6.45) is 2.57. The quantitative estimate of drug-likeness (QED) is 0.737. The van der Waals surface area contributed by atoms with E-state index in [1.807, 2.05) is 22.8 Å². The number of nitrogens with zero attached hydrogens (tertiary/aromatic N) is 2. The highest BCUT2D eigenvalue weighted by molar-refractivity contribution is 6.31. The van der Waals surface area contributed by atoms with E-state index in [4.69, 9.17) is 11.6 Å². The SMILES string of the molecule is CN1CCc2c3n(c4ccc(Cl)cc24)C(=O)CCC31. The summed E-state index contributed by atoms with van der Waals surface area (Å²) in [4.78, 5) is 14.7. The maximum Gasteiger partial charge on any atom is 0.231 e. The largest absolute Gasteiger partial charge is 0.298 e. The molecule has 3 nitrogen and oxygen atoms in total. The molecule has 1 unspecified atom stereocenters. The van der Waals surface area contributed by atoms with E-state index < -0.39 is 0 Å². The molecule has 0 spiro atoms. The molecule has 0 N–H and O–H groups in total. The van der Waals surface area contributed by atoms with Crippen molar-refractivity contribution in [3.8, 4) is 0 Å². The highest BCUT2D eigenvalue weighted by Gasteiger charge is 2.36. The van der Waals surface area contributed by atoms with Crippen molar-refractivity contribution < 1.29 is 4.79 Å². The Morgan fingerprint density at radius 2 is 2.16 bits per heavy atom. The Morgan fingerprint density at radius 1 is 1.32 bits per heavy atom. The number of rotatable bonds is 0. The number of carbonyl (C=O) groups excluding carboxylic acids is 1. The van der Waals surface area contributed by atoms with Crippen molar-refractivity contribution >= 4 is 28.4 Å². The second kappa shape index (κ2) is 3.84. The standard InChI is InChI=1S/C15H15ClN2O/c1-17-7-6-10-11-8-9(16)2-3-12(11)18-14(19)5-4-13(17)15(10)18/h2-3,8,13H,4-7H2,1H3. The van der Waals surface area contributed by atoms with Crippen LogP contribution in [0.3, 0.4) is 0 Å². The van der Waals surface area contributed by atoms with Crippen molar-refractivity contribution in [1.82, 2.24) is 9.47 Å². The Morgan fingerprint density at radius 3 is 3.00 bits per heavy atom. The van der Waals surface area contributed by atoms with Crippen molar-refractivity contribution in [2.75, 3.05) is 13.6 Å². The molecule has 2 aliphatic heterocycles. The predicted octanol–water partition coefficient (Wildman–Crippen LogP) is 3.26. The number of aromatic nitrogens is 1. The van der Waals surface area contributed by atoms with Crippen molar-refractivity contribution in [2.24, 2.45) is 0 Å². The third kappa shape index (κ3) is 1.46. The zero-order valence-electron chi connectivity index (χ0n) is 10.8. The number of hydrogen-bond donors (Lipinski definition) is 0. The van der Waals surface area contributed by atoms with Gasteiger partial charge in [-0.2, -0.15) is 0 Å². The van der Waals surface area contributed by atoms with Gasteiger partial charge in [-0.15, -0.1) is 0 Å². The molecule has 0 amide bonds. The number of likely N-dealkylation sites (N-methyl/N-ethyl adjacent to an activating group) is 1. The summed E-state index contributed by atoms with van der Waals surface area (Å²) in [6.45, 7) is 1.05. The second-order valence-corrected chi connectivity index (χ2v) is 5.98. The monoisotopic (exact) mass is 274 g/mol. The maximum absolute atomic E-state index is 12.3. The van der Waals surface area contributed by atoms with E-state index in [0.717, 1.165) is 35.3 Å². The van der Waals surface area contributed by atoms with Gasteiger partial charge in [0, 0.05) is 29.1 Å². The Balaban J connectivity index is 2.12. The predicted molar refractivity (Wildman–Crippen MR) is 75.9 cm³/mol. The van der Waals surface area contributed by atoms with Gasteiger partial charge in [-0.3, -0.25) is 14.3 Å². The third-order valence-electron chi connectivity index (χ3n) is 4.52. The number of hydrogen-bond acceptors (Lipinski definition) is 2. The highest BCUT2D eigenvalue weighted by Crippen LogP contribution is 2.42. The number of fused-ring (bicyclic) bond motifs is 3. The average molecular weight is 275 g/mol. The lowest BCUT2D eigenvalue weighted by atomic mass is 9.93. The van der Waals surface area contributed by atoms with Gasteiger partial charge in [0.25, 0.3) is 0 Å². The first-order valence-electron chi connectivity index (χ1n) is 6.73. The molecule has 0 radical (unpaired) electrons. The Hall–Kier alpha value is -1.32. The summed E-state index contributed by atoms with van der Waals surface area (Å²) in [5.74, 6) is 0.222. The maximum atomic E-state index is 12.3. The van der Waals surface area contributed by atoms with Gasteiger partial charge in [-0.05, 0) is 43.7 Å². The Labute approximate surface area is 116 Å². The molecule has 2 aliphatic rings. The van der Waals surface area contributed by atoms with E-state index in [1.54, 1.807) is 0 Å². The van der Waals surface area contributed by atoms with Crippen LogP contribution in [-0.4, -0.2) is 29.0 Å². The zero-order valence-corrected chi connectivity index (χ0v) is 11.6. The van der Waals surface area contributed by atoms with E-state index in [1.165, 1.54) is 11.3 Å². The van der Waals surface area contributed by atoms with Crippen LogP contribution in [0.25, 0.3) is 10.9 Å². The molecule has 0 fully saturated rings. The van der Waals surface area contributed by atoms with E-state index in [2.05, 4.69) is 11.9 Å². The van der Waals surface area contributed by atoms with Gasteiger partial charge < -0.3 is 0 Å². The van der Waals surface area contributed by atoms with Gasteiger partial charge in [-0.1, -0.05) is 11.6 Å². The molecule has 0 bridgehead atoms. The van der Waals surface area contributed by atoms with Crippen LogP contribution in [0.5, 0.6) is 0 Å². The van der Waals surface area contributed by atoms with Crippen molar-refractivity contribution in [1.29, 1.82) is 0 Å². The summed E-state index contributed by atoms with van der Waals surface area (Å²) >= 11 is 6.13. The molecular weight excluding hydrogens is 260 g/mol. The molecule has 98 valence electrons. The minimum atomic E-state index is 0.222. The van der Waals surface area contributed by atoms with Gasteiger partial charge in [0.15, 0.2) is 0 Å². The fourth-order valence-electron chi connectivity index (χ4n) is 3.61. The third-order valence-corrected chi connectivity index (χ3v) is 4.75. The lowest BCUT2D eigenvalue weighted by molar-refractivity contribution is 0.0833. The number of carbonyl (C=O) groups is 1. The Bertz CT molecular complexity index is 704. The van der Waals surface area contributed by atoms with Crippen LogP contribution in [0.1, 0.15) is 34.9 Å². The Kier molecular flexibility index (Phi) is 2.32. The summed E-state index contributed by atoms with van der Waals surface area (Å²) < 4.78 is 1.94. The van der Waals surface area contributed by atoms with E-state index >= 15 is 0 Å². The van der Waals surface area contributed by atoms with Crippen LogP contribution >= 0.6 is 11.6 Å². The van der Waals surface area contributed by atoms with Crippen LogP contribution in [-0.2, 0) is 6.42 Å². The normalized spacial score (nSPS) is 22.8. The summed E-state index contributed by atoms with van der Waals surface area (Å²) in [6, 6.07) is 6.25. The molecule has 1 aromatic heterocycles. The molecule has 19 heavy (non-hydrogen) atoms. The first-order chi connectivity index (χ1) is 9.16. The van der Waals surface area contributed by atoms with Gasteiger partial charge in [0.2, 0.25) is 5.91 Å². The highest BCUT2D eigenvalue weighted by atomic mass is 35.5. The summed E-state index contributed by atoms with van der Waals surface area (Å²) in [5.41, 5.74) is 3.57. The molecule has 4 heteroatoms. The fraction of sp³-hybridized carbons (Fsp3) is 0.400. The zero-order chi connectivity index (χ0) is 13.1. The minimum Gasteiger partial charge on any atom is -0.298 e. The topological polar surface area (TPSA) is 25.2 Å². The molecule has 3 heterocycles. The van der Waals surface area contributed by atoms with E-state index in [9.17, 15) is 4.79 Å². The summed E-state index contributed by atoms with van der Waals surface area (Å²) in [5, 5.41) is 1.91. The van der Waals surface area contributed by atoms with Gasteiger partial charge in [0.1, 0.15) is 0 Å². The lowest BCUT2D eigenvalue weighted by Crippen LogP contribution is -2.37. The lowest BCUT2D eigenvalue weighted by Gasteiger charge is -2.36. The number of benzene rings is 1. The van der Waals surface area contributed by atoms with Crippen LogP contribution in [0.2, 0.25) is 5.02 Å². The van der Waals surface area contributed by atoms with Crippen molar-refractivity contribution in [3.63, 3.8) is 0 Å². The average Bonchev–Trinajstić information content (AvgIpc) is 2.71. The molecule has 1 aromatic carbocycles.